The lowest BCUT2D eigenvalue weighted by Crippen LogP contribution is -2.09. The minimum absolute atomic E-state index is 0.258. The zero-order chi connectivity index (χ0) is 15.9. The Hall–Kier alpha value is -2.74. The number of hydrogen-bond acceptors (Lipinski definition) is 5. The van der Waals surface area contributed by atoms with Gasteiger partial charge < -0.3 is 10.1 Å². The second-order valence-corrected chi connectivity index (χ2v) is 5.84. The molecule has 3 rings (SSSR count). The maximum absolute atomic E-state index is 11.9. The lowest BCUT2D eigenvalue weighted by atomic mass is 10.2. The number of carboxylic acid groups (broad SMARTS) is 1. The van der Waals surface area contributed by atoms with Gasteiger partial charge >= 0.3 is 5.97 Å². The second-order valence-electron chi connectivity index (χ2n) is 4.75. The number of nitrogens with zero attached hydrogens (tertiary/aromatic N) is 3. The minimum Gasteiger partial charge on any atom is -0.477 e. The van der Waals surface area contributed by atoms with Gasteiger partial charge in [0.05, 0.1) is 6.20 Å². The summed E-state index contributed by atoms with van der Waals surface area (Å²) in [5.41, 5.74) is 1.10. The first-order valence-electron chi connectivity index (χ1n) is 6.39. The molecule has 0 radical (unpaired) electrons. The van der Waals surface area contributed by atoms with E-state index in [-0.39, 0.29) is 10.4 Å². The molecule has 0 aliphatic rings. The van der Waals surface area contributed by atoms with Gasteiger partial charge in [-0.25, -0.2) is 9.78 Å². The number of fused-ring (bicyclic) bond motifs is 1. The molecule has 0 aliphatic carbocycles. The van der Waals surface area contributed by atoms with Crippen molar-refractivity contribution < 1.29 is 9.90 Å². The smallest absolute Gasteiger partial charge is 0.345 e. The molecule has 0 amide bonds. The molecule has 22 heavy (non-hydrogen) atoms. The van der Waals surface area contributed by atoms with Crippen LogP contribution in [0.2, 0.25) is 0 Å². The molecule has 3 heterocycles. The molecule has 0 unspecified atom stereocenters. The van der Waals surface area contributed by atoms with Crippen molar-refractivity contribution in [2.24, 2.45) is 7.05 Å². The molecule has 3 aromatic rings. The fourth-order valence-electron chi connectivity index (χ4n) is 2.05. The molecule has 2 N–H and O–H groups in total. The Morgan fingerprint density at radius 3 is 2.91 bits per heavy atom. The Bertz CT molecular complexity index is 964. The topological polar surface area (TPSA) is 101 Å². The minimum atomic E-state index is -0.949. The van der Waals surface area contributed by atoms with Crippen LogP contribution < -0.4 is 5.56 Å². The van der Waals surface area contributed by atoms with Gasteiger partial charge in [-0.15, -0.1) is 11.3 Å². The zero-order valence-corrected chi connectivity index (χ0v) is 12.6. The van der Waals surface area contributed by atoms with E-state index < -0.39 is 5.97 Å². The molecule has 0 aliphatic heterocycles. The molecular formula is C14H12N4O3S. The van der Waals surface area contributed by atoms with E-state index in [4.69, 9.17) is 5.11 Å². The molecule has 8 heteroatoms. The predicted octanol–water partition coefficient (Wildman–Crippen LogP) is 1.90. The lowest BCUT2D eigenvalue weighted by molar-refractivity contribution is 0.0702. The van der Waals surface area contributed by atoms with Crippen molar-refractivity contribution >= 4 is 40.5 Å². The quantitative estimate of drug-likeness (QED) is 0.768. The zero-order valence-electron chi connectivity index (χ0n) is 11.8. The Morgan fingerprint density at radius 2 is 2.23 bits per heavy atom. The monoisotopic (exact) mass is 316 g/mol. The summed E-state index contributed by atoms with van der Waals surface area (Å²) < 4.78 is 1.53. The Kier molecular flexibility index (Phi) is 3.38. The van der Waals surface area contributed by atoms with Crippen LogP contribution in [-0.4, -0.2) is 30.8 Å². The van der Waals surface area contributed by atoms with Gasteiger partial charge in [0.15, 0.2) is 5.65 Å². The van der Waals surface area contributed by atoms with Gasteiger partial charge in [0.2, 0.25) is 0 Å². The first kappa shape index (κ1) is 14.2. The van der Waals surface area contributed by atoms with Crippen molar-refractivity contribution in [3.63, 3.8) is 0 Å². The SMILES string of the molecule is Cc1cc(C(=O)O)sc1/C=C/c1nc2c(cnn2C)c(=O)[nH]1. The largest absolute Gasteiger partial charge is 0.477 e. The number of nitrogens with one attached hydrogen (secondary N) is 1. The number of carbonyl (C=O) groups is 1. The molecule has 0 spiro atoms. The summed E-state index contributed by atoms with van der Waals surface area (Å²) in [4.78, 5) is 31.0. The molecule has 0 saturated heterocycles. The van der Waals surface area contributed by atoms with Crippen molar-refractivity contribution in [3.05, 3.63) is 43.8 Å². The Morgan fingerprint density at radius 1 is 1.45 bits per heavy atom. The molecule has 0 atom stereocenters. The van der Waals surface area contributed by atoms with E-state index in [1.165, 1.54) is 22.2 Å². The second kappa shape index (κ2) is 5.23. The third kappa shape index (κ3) is 2.44. The van der Waals surface area contributed by atoms with Gasteiger partial charge in [0.25, 0.3) is 5.56 Å². The molecule has 7 nitrogen and oxygen atoms in total. The summed E-state index contributed by atoms with van der Waals surface area (Å²) in [6, 6.07) is 1.62. The van der Waals surface area contributed by atoms with Crippen molar-refractivity contribution in [3.8, 4) is 0 Å². The summed E-state index contributed by atoms with van der Waals surface area (Å²) in [5, 5.41) is 13.4. The number of thiophene rings is 1. The van der Waals surface area contributed by atoms with Crippen LogP contribution in [0, 0.1) is 6.92 Å². The lowest BCUT2D eigenvalue weighted by Gasteiger charge is -1.96. The molecule has 3 aromatic heterocycles. The Balaban J connectivity index is 2.00. The number of rotatable bonds is 3. The van der Waals surface area contributed by atoms with Crippen LogP contribution in [0.3, 0.4) is 0 Å². The van der Waals surface area contributed by atoms with Gasteiger partial charge in [-0.2, -0.15) is 5.10 Å². The highest BCUT2D eigenvalue weighted by atomic mass is 32.1. The fourth-order valence-corrected chi connectivity index (χ4v) is 2.97. The first-order valence-corrected chi connectivity index (χ1v) is 7.21. The van der Waals surface area contributed by atoms with Crippen LogP contribution in [0.1, 0.15) is 25.9 Å². The van der Waals surface area contributed by atoms with Gasteiger partial charge in [-0.1, -0.05) is 0 Å². The summed E-state index contributed by atoms with van der Waals surface area (Å²) in [6.07, 6.45) is 4.86. The van der Waals surface area contributed by atoms with Crippen LogP contribution in [0.5, 0.6) is 0 Å². The highest BCUT2D eigenvalue weighted by molar-refractivity contribution is 7.15. The first-order chi connectivity index (χ1) is 10.5. The van der Waals surface area contributed by atoms with E-state index in [1.54, 1.807) is 25.3 Å². The molecule has 0 bridgehead atoms. The van der Waals surface area contributed by atoms with Crippen molar-refractivity contribution in [2.45, 2.75) is 6.92 Å². The fraction of sp³-hybridized carbons (Fsp3) is 0.143. The number of aryl methyl sites for hydroxylation is 2. The number of aromatic carboxylic acids is 1. The third-order valence-corrected chi connectivity index (χ3v) is 4.37. The van der Waals surface area contributed by atoms with Gasteiger partial charge in [0.1, 0.15) is 16.1 Å². The molecule has 0 aromatic carbocycles. The van der Waals surface area contributed by atoms with E-state index in [2.05, 4.69) is 15.1 Å². The normalized spacial score (nSPS) is 11.5. The number of carboxylic acids is 1. The van der Waals surface area contributed by atoms with E-state index in [1.807, 2.05) is 6.92 Å². The maximum atomic E-state index is 11.9. The van der Waals surface area contributed by atoms with E-state index in [0.29, 0.717) is 16.9 Å². The highest BCUT2D eigenvalue weighted by Crippen LogP contribution is 2.23. The van der Waals surface area contributed by atoms with Crippen LogP contribution >= 0.6 is 11.3 Å². The maximum Gasteiger partial charge on any atom is 0.345 e. The number of hydrogen-bond donors (Lipinski definition) is 2. The average Bonchev–Trinajstić information content (AvgIpc) is 3.01. The van der Waals surface area contributed by atoms with E-state index >= 15 is 0 Å². The molecular weight excluding hydrogens is 304 g/mol. The van der Waals surface area contributed by atoms with Crippen molar-refractivity contribution in [1.29, 1.82) is 0 Å². The molecule has 0 saturated carbocycles. The molecule has 0 fully saturated rings. The van der Waals surface area contributed by atoms with E-state index in [9.17, 15) is 9.59 Å². The van der Waals surface area contributed by atoms with Gasteiger partial charge in [0, 0.05) is 11.9 Å². The van der Waals surface area contributed by atoms with E-state index in [0.717, 1.165) is 10.4 Å². The number of H-pyrrole nitrogens is 1. The summed E-state index contributed by atoms with van der Waals surface area (Å²) in [7, 11) is 1.71. The van der Waals surface area contributed by atoms with Crippen LogP contribution in [0.25, 0.3) is 23.2 Å². The van der Waals surface area contributed by atoms with Gasteiger partial charge in [-0.3, -0.25) is 9.48 Å². The van der Waals surface area contributed by atoms with Crippen molar-refractivity contribution in [2.75, 3.05) is 0 Å². The van der Waals surface area contributed by atoms with Crippen LogP contribution in [-0.2, 0) is 7.05 Å². The van der Waals surface area contributed by atoms with Crippen LogP contribution in [0.15, 0.2) is 17.1 Å². The summed E-state index contributed by atoms with van der Waals surface area (Å²) >= 11 is 1.18. The van der Waals surface area contributed by atoms with Crippen molar-refractivity contribution in [1.82, 2.24) is 19.7 Å². The Labute approximate surface area is 128 Å². The molecule has 112 valence electrons. The number of aromatic nitrogens is 4. The average molecular weight is 316 g/mol. The third-order valence-electron chi connectivity index (χ3n) is 3.18. The predicted molar refractivity (Wildman–Crippen MR) is 84.1 cm³/mol. The summed E-state index contributed by atoms with van der Waals surface area (Å²) in [6.45, 7) is 1.84. The highest BCUT2D eigenvalue weighted by Gasteiger charge is 2.10. The number of aromatic amines is 1. The van der Waals surface area contributed by atoms with Crippen LogP contribution in [0.4, 0.5) is 0 Å². The summed E-state index contributed by atoms with van der Waals surface area (Å²) in [5.74, 6) is -0.554. The van der Waals surface area contributed by atoms with Gasteiger partial charge in [-0.05, 0) is 30.7 Å². The standard InChI is InChI=1S/C14H12N4O3S/c1-7-5-10(14(20)21)22-9(7)3-4-11-16-12-8(13(19)17-11)6-15-18(12)2/h3-6H,1-2H3,(H,20,21)(H,16,17,19)/b4-3+.